The van der Waals surface area contributed by atoms with Crippen LogP contribution in [0.25, 0.3) is 0 Å². The summed E-state index contributed by atoms with van der Waals surface area (Å²) < 4.78 is 29.1. The summed E-state index contributed by atoms with van der Waals surface area (Å²) in [6.45, 7) is 2.69. The number of hydrogen-bond acceptors (Lipinski definition) is 4. The molecule has 1 unspecified atom stereocenters. The minimum atomic E-state index is -3.45. The Bertz CT molecular complexity index is 576. The highest BCUT2D eigenvalue weighted by atomic mass is 35.5. The SMILES string of the molecule is Cl.NCCC1CCCN(S(=O)(=O)c2cn3c(n2)CCCC3)C1. The average molecular weight is 349 g/mol. The second kappa shape index (κ2) is 7.29. The highest BCUT2D eigenvalue weighted by Crippen LogP contribution is 2.26. The van der Waals surface area contributed by atoms with Crippen LogP contribution >= 0.6 is 12.4 Å². The summed E-state index contributed by atoms with van der Waals surface area (Å²) >= 11 is 0. The smallest absolute Gasteiger partial charge is 0.262 e. The number of hydrogen-bond donors (Lipinski definition) is 1. The highest BCUT2D eigenvalue weighted by molar-refractivity contribution is 7.89. The van der Waals surface area contributed by atoms with Gasteiger partial charge in [-0.05, 0) is 44.6 Å². The van der Waals surface area contributed by atoms with Crippen LogP contribution in [-0.4, -0.2) is 41.9 Å². The fourth-order valence-corrected chi connectivity index (χ4v) is 4.88. The van der Waals surface area contributed by atoms with Crippen LogP contribution in [0.5, 0.6) is 0 Å². The molecule has 2 aliphatic rings. The first-order valence-electron chi connectivity index (χ1n) is 7.87. The van der Waals surface area contributed by atoms with Crippen LogP contribution in [0.1, 0.15) is 37.9 Å². The second-order valence-corrected chi connectivity index (χ2v) is 7.98. The van der Waals surface area contributed by atoms with Crippen LogP contribution in [0.4, 0.5) is 0 Å². The largest absolute Gasteiger partial charge is 0.333 e. The Kier molecular flexibility index (Phi) is 5.87. The lowest BCUT2D eigenvalue weighted by Crippen LogP contribution is -2.40. The number of halogens is 1. The van der Waals surface area contributed by atoms with Crippen molar-refractivity contribution in [3.63, 3.8) is 0 Å². The Morgan fingerprint density at radius 1 is 1.27 bits per heavy atom. The molecule has 2 aliphatic heterocycles. The third-order valence-corrected chi connectivity index (χ3v) is 6.28. The van der Waals surface area contributed by atoms with Gasteiger partial charge in [0.15, 0.2) is 5.03 Å². The molecule has 8 heteroatoms. The van der Waals surface area contributed by atoms with Gasteiger partial charge in [-0.15, -0.1) is 12.4 Å². The zero-order valence-corrected chi connectivity index (χ0v) is 14.4. The van der Waals surface area contributed by atoms with Crippen molar-refractivity contribution in [2.24, 2.45) is 11.7 Å². The van der Waals surface area contributed by atoms with Crippen molar-refractivity contribution in [2.75, 3.05) is 19.6 Å². The van der Waals surface area contributed by atoms with E-state index in [1.807, 2.05) is 4.57 Å². The first-order chi connectivity index (χ1) is 10.1. The molecule has 3 heterocycles. The number of sulfonamides is 1. The molecule has 2 N–H and O–H groups in total. The van der Waals surface area contributed by atoms with Crippen molar-refractivity contribution in [3.05, 3.63) is 12.0 Å². The van der Waals surface area contributed by atoms with Gasteiger partial charge >= 0.3 is 0 Å². The Hall–Kier alpha value is -0.630. The van der Waals surface area contributed by atoms with E-state index < -0.39 is 10.0 Å². The Balaban J connectivity index is 0.00000176. The highest BCUT2D eigenvalue weighted by Gasteiger charge is 2.32. The van der Waals surface area contributed by atoms with Gasteiger partial charge in [-0.1, -0.05) is 0 Å². The Labute approximate surface area is 138 Å². The molecule has 1 fully saturated rings. The summed E-state index contributed by atoms with van der Waals surface area (Å²) in [5, 5.41) is 0.229. The summed E-state index contributed by atoms with van der Waals surface area (Å²) in [7, 11) is -3.45. The van der Waals surface area contributed by atoms with Gasteiger partial charge < -0.3 is 10.3 Å². The number of imidazole rings is 1. The van der Waals surface area contributed by atoms with Crippen molar-refractivity contribution < 1.29 is 8.42 Å². The summed E-state index contributed by atoms with van der Waals surface area (Å²) in [6, 6.07) is 0. The molecule has 3 rings (SSSR count). The standard InChI is InChI=1S/C14H24N4O2S.ClH/c15-7-6-12-4-3-9-18(10-12)21(19,20)14-11-17-8-2-1-5-13(17)16-14;/h11-12H,1-10,15H2;1H. The number of rotatable bonds is 4. The molecular weight excluding hydrogens is 324 g/mol. The molecule has 0 bridgehead atoms. The van der Waals surface area contributed by atoms with Crippen molar-refractivity contribution in [1.82, 2.24) is 13.9 Å². The lowest BCUT2D eigenvalue weighted by atomic mass is 9.96. The molecule has 126 valence electrons. The zero-order chi connectivity index (χ0) is 14.9. The average Bonchev–Trinajstić information content (AvgIpc) is 2.92. The first kappa shape index (κ1) is 17.7. The monoisotopic (exact) mass is 348 g/mol. The van der Waals surface area contributed by atoms with Crippen LogP contribution in [0.15, 0.2) is 11.2 Å². The van der Waals surface area contributed by atoms with Gasteiger partial charge in [0.05, 0.1) is 0 Å². The zero-order valence-electron chi connectivity index (χ0n) is 12.8. The number of nitrogens with two attached hydrogens (primary N) is 1. The van der Waals surface area contributed by atoms with Gasteiger partial charge in [0.2, 0.25) is 0 Å². The molecule has 0 saturated carbocycles. The third kappa shape index (κ3) is 3.48. The normalized spacial score (nSPS) is 22.9. The van der Waals surface area contributed by atoms with E-state index in [1.54, 1.807) is 10.5 Å². The number of aryl methyl sites for hydroxylation is 2. The molecule has 0 aliphatic carbocycles. The number of aromatic nitrogens is 2. The molecule has 6 nitrogen and oxygen atoms in total. The van der Waals surface area contributed by atoms with E-state index in [9.17, 15) is 8.42 Å². The molecule has 0 radical (unpaired) electrons. The van der Waals surface area contributed by atoms with Crippen LogP contribution in [-0.2, 0) is 23.0 Å². The molecule has 22 heavy (non-hydrogen) atoms. The first-order valence-corrected chi connectivity index (χ1v) is 9.31. The topological polar surface area (TPSA) is 81.2 Å². The van der Waals surface area contributed by atoms with Crippen LogP contribution in [0.3, 0.4) is 0 Å². The quantitative estimate of drug-likeness (QED) is 0.891. The van der Waals surface area contributed by atoms with Gasteiger partial charge in [0, 0.05) is 32.3 Å². The van der Waals surface area contributed by atoms with Gasteiger partial charge in [-0.25, -0.2) is 13.4 Å². The summed E-state index contributed by atoms with van der Waals surface area (Å²) in [4.78, 5) is 4.38. The van der Waals surface area contributed by atoms with Crippen molar-refractivity contribution >= 4 is 22.4 Å². The molecule has 1 aromatic rings. The van der Waals surface area contributed by atoms with E-state index in [1.165, 1.54) is 0 Å². The third-order valence-electron chi connectivity index (χ3n) is 4.55. The Morgan fingerprint density at radius 2 is 2.09 bits per heavy atom. The van der Waals surface area contributed by atoms with Crippen molar-refractivity contribution in [2.45, 2.75) is 50.1 Å². The summed E-state index contributed by atoms with van der Waals surface area (Å²) in [6.07, 6.45) is 7.68. The maximum absolute atomic E-state index is 12.8. The molecule has 1 aromatic heterocycles. The minimum absolute atomic E-state index is 0. The van der Waals surface area contributed by atoms with E-state index in [2.05, 4.69) is 4.98 Å². The van der Waals surface area contributed by atoms with Crippen LogP contribution < -0.4 is 5.73 Å². The minimum Gasteiger partial charge on any atom is -0.333 e. The number of nitrogens with zero attached hydrogens (tertiary/aromatic N) is 3. The van der Waals surface area contributed by atoms with Gasteiger partial charge in [0.25, 0.3) is 10.0 Å². The molecule has 1 atom stereocenters. The van der Waals surface area contributed by atoms with Crippen molar-refractivity contribution in [3.8, 4) is 0 Å². The lowest BCUT2D eigenvalue weighted by molar-refractivity contribution is 0.257. The van der Waals surface area contributed by atoms with E-state index in [-0.39, 0.29) is 17.4 Å². The number of fused-ring (bicyclic) bond motifs is 1. The molecule has 0 amide bonds. The fourth-order valence-electron chi connectivity index (χ4n) is 3.36. The number of piperidine rings is 1. The van der Waals surface area contributed by atoms with E-state index in [4.69, 9.17) is 5.73 Å². The summed E-state index contributed by atoms with van der Waals surface area (Å²) in [5.41, 5.74) is 5.61. The van der Waals surface area contributed by atoms with Crippen LogP contribution in [0, 0.1) is 5.92 Å². The van der Waals surface area contributed by atoms with Gasteiger partial charge in [-0.2, -0.15) is 4.31 Å². The summed E-state index contributed by atoms with van der Waals surface area (Å²) in [5.74, 6) is 1.30. The molecule has 0 aromatic carbocycles. The van der Waals surface area contributed by atoms with E-state index in [0.717, 1.165) is 50.9 Å². The molecule has 0 spiro atoms. The molecular formula is C14H25ClN4O2S. The van der Waals surface area contributed by atoms with E-state index >= 15 is 0 Å². The second-order valence-electron chi connectivity index (χ2n) is 6.09. The Morgan fingerprint density at radius 3 is 2.82 bits per heavy atom. The molecule has 1 saturated heterocycles. The predicted octanol–water partition coefficient (Wildman–Crippen LogP) is 1.39. The maximum Gasteiger partial charge on any atom is 0.262 e. The van der Waals surface area contributed by atoms with Gasteiger partial charge in [0.1, 0.15) is 5.82 Å². The predicted molar refractivity (Wildman–Crippen MR) is 87.6 cm³/mol. The van der Waals surface area contributed by atoms with Crippen LogP contribution in [0.2, 0.25) is 0 Å². The fraction of sp³-hybridized carbons (Fsp3) is 0.786. The lowest BCUT2D eigenvalue weighted by Gasteiger charge is -2.31. The maximum atomic E-state index is 12.8. The van der Waals surface area contributed by atoms with E-state index in [0.29, 0.717) is 25.6 Å². The van der Waals surface area contributed by atoms with Gasteiger partial charge in [-0.3, -0.25) is 0 Å². The van der Waals surface area contributed by atoms with Crippen molar-refractivity contribution in [1.29, 1.82) is 0 Å².